The molecule has 2 aliphatic carbocycles. The van der Waals surface area contributed by atoms with Crippen LogP contribution in [0.15, 0.2) is 30.1 Å². The lowest BCUT2D eigenvalue weighted by Crippen LogP contribution is -2.23. The largest absolute Gasteiger partial charge is 0.497 e. The summed E-state index contributed by atoms with van der Waals surface area (Å²) in [6.07, 6.45) is 11.7. The lowest BCUT2D eigenvalue weighted by Gasteiger charge is -2.28. The van der Waals surface area contributed by atoms with Gasteiger partial charge in [0.15, 0.2) is 0 Å². The van der Waals surface area contributed by atoms with Crippen molar-refractivity contribution in [1.29, 1.82) is 5.26 Å². The first-order valence-electron chi connectivity index (χ1n) is 8.12. The molecule has 2 aliphatic rings. The second-order valence-corrected chi connectivity index (χ2v) is 6.98. The molecule has 1 aromatic rings. The molecule has 1 atom stereocenters. The summed E-state index contributed by atoms with van der Waals surface area (Å²) >= 11 is 6.35. The second kappa shape index (κ2) is 6.37. The molecule has 0 amide bonds. The molecule has 1 heterocycles. The summed E-state index contributed by atoms with van der Waals surface area (Å²) in [5.41, 5.74) is 2.36. The van der Waals surface area contributed by atoms with Gasteiger partial charge >= 0.3 is 0 Å². The van der Waals surface area contributed by atoms with Crippen molar-refractivity contribution >= 4 is 11.6 Å². The normalized spacial score (nSPS) is 24.3. The second-order valence-electron chi connectivity index (χ2n) is 6.62. The number of rotatable bonds is 3. The van der Waals surface area contributed by atoms with Crippen molar-refractivity contribution in [3.63, 3.8) is 0 Å². The number of methoxy groups -OCH3 is 1. The summed E-state index contributed by atoms with van der Waals surface area (Å²) in [5, 5.41) is 9.81. The maximum absolute atomic E-state index is 9.48. The van der Waals surface area contributed by atoms with Crippen molar-refractivity contribution in [2.75, 3.05) is 7.11 Å². The van der Waals surface area contributed by atoms with Crippen molar-refractivity contribution < 1.29 is 4.74 Å². The van der Waals surface area contributed by atoms with Gasteiger partial charge in [0.2, 0.25) is 0 Å². The number of pyridine rings is 1. The van der Waals surface area contributed by atoms with Crippen LogP contribution in [0.25, 0.3) is 0 Å². The molecule has 1 saturated carbocycles. The number of nitriles is 1. The lowest BCUT2D eigenvalue weighted by molar-refractivity contribution is 0.300. The van der Waals surface area contributed by atoms with Gasteiger partial charge < -0.3 is 4.74 Å². The summed E-state index contributed by atoms with van der Waals surface area (Å²) in [7, 11) is 1.67. The van der Waals surface area contributed by atoms with E-state index in [2.05, 4.69) is 36.2 Å². The summed E-state index contributed by atoms with van der Waals surface area (Å²) in [6.45, 7) is 2.15. The Morgan fingerprint density at radius 2 is 2.13 bits per heavy atom. The van der Waals surface area contributed by atoms with Gasteiger partial charge in [0, 0.05) is 5.41 Å². The fourth-order valence-electron chi connectivity index (χ4n) is 3.55. The Morgan fingerprint density at radius 3 is 2.70 bits per heavy atom. The van der Waals surface area contributed by atoms with Crippen LogP contribution in [0.1, 0.15) is 61.8 Å². The molecular formula is C19H21ClN2O. The highest BCUT2D eigenvalue weighted by atomic mass is 35.5. The van der Waals surface area contributed by atoms with Gasteiger partial charge in [-0.1, -0.05) is 37.4 Å². The maximum atomic E-state index is 9.48. The molecule has 120 valence electrons. The fourth-order valence-corrected chi connectivity index (χ4v) is 3.79. The van der Waals surface area contributed by atoms with Gasteiger partial charge in [-0.15, -0.1) is 0 Å². The predicted octanol–water partition coefficient (Wildman–Crippen LogP) is 5.01. The fraction of sp³-hybridized carbons (Fsp3) is 0.474. The molecule has 23 heavy (non-hydrogen) atoms. The highest BCUT2D eigenvalue weighted by molar-refractivity contribution is 6.30. The van der Waals surface area contributed by atoms with Crippen LogP contribution < -0.4 is 0 Å². The van der Waals surface area contributed by atoms with E-state index in [9.17, 15) is 5.26 Å². The lowest BCUT2D eigenvalue weighted by atomic mass is 9.78. The molecule has 1 fully saturated rings. The van der Waals surface area contributed by atoms with E-state index >= 15 is 0 Å². The standard InChI is InChI=1S/C19H21ClN2O/c1-19(9-7-14(23-2)8-10-19)17-11-15(13-5-3-4-6-13)16(12-21)18(20)22-17/h7-9,11,13H,3-6,10H2,1-2H3. The van der Waals surface area contributed by atoms with Crippen LogP contribution in [0.2, 0.25) is 5.15 Å². The molecule has 3 rings (SSSR count). The van der Waals surface area contributed by atoms with Crippen LogP contribution in [0.3, 0.4) is 0 Å². The summed E-state index contributed by atoms with van der Waals surface area (Å²) in [5.74, 6) is 1.31. The van der Waals surface area contributed by atoms with Crippen molar-refractivity contribution in [2.24, 2.45) is 0 Å². The van der Waals surface area contributed by atoms with Crippen molar-refractivity contribution in [1.82, 2.24) is 4.98 Å². The first-order chi connectivity index (χ1) is 11.1. The van der Waals surface area contributed by atoms with Gasteiger partial charge in [-0.2, -0.15) is 5.26 Å². The molecule has 0 bridgehead atoms. The third-order valence-electron chi connectivity index (χ3n) is 5.08. The van der Waals surface area contributed by atoms with E-state index in [1.54, 1.807) is 7.11 Å². The summed E-state index contributed by atoms with van der Waals surface area (Å²) in [4.78, 5) is 4.54. The van der Waals surface area contributed by atoms with Gasteiger partial charge in [0.25, 0.3) is 0 Å². The smallest absolute Gasteiger partial charge is 0.147 e. The first-order valence-corrected chi connectivity index (χ1v) is 8.49. The number of halogens is 1. The average molecular weight is 329 g/mol. The molecule has 1 aromatic heterocycles. The van der Waals surface area contributed by atoms with Gasteiger partial charge in [-0.05, 0) is 49.0 Å². The molecule has 0 spiro atoms. The van der Waals surface area contributed by atoms with Gasteiger partial charge in [-0.3, -0.25) is 0 Å². The number of nitrogens with zero attached hydrogens (tertiary/aromatic N) is 2. The molecule has 1 unspecified atom stereocenters. The van der Waals surface area contributed by atoms with Gasteiger partial charge in [-0.25, -0.2) is 4.98 Å². The van der Waals surface area contributed by atoms with Crippen molar-refractivity contribution in [2.45, 2.75) is 50.4 Å². The number of hydrogen-bond donors (Lipinski definition) is 0. The van der Waals surface area contributed by atoms with Crippen LogP contribution >= 0.6 is 11.6 Å². The summed E-state index contributed by atoms with van der Waals surface area (Å²) in [6, 6.07) is 4.36. The van der Waals surface area contributed by atoms with Crippen molar-refractivity contribution in [3.8, 4) is 6.07 Å². The molecule has 0 saturated heterocycles. The molecule has 0 radical (unpaired) electrons. The SMILES string of the molecule is COC1=CCC(C)(c2cc(C3CCCC3)c(C#N)c(Cl)n2)C=C1. The van der Waals surface area contributed by atoms with Gasteiger partial charge in [0.05, 0.1) is 18.4 Å². The molecule has 0 aliphatic heterocycles. The van der Waals surface area contributed by atoms with Crippen LogP contribution in [-0.2, 0) is 10.2 Å². The van der Waals surface area contributed by atoms with E-state index in [1.165, 1.54) is 12.8 Å². The minimum Gasteiger partial charge on any atom is -0.497 e. The molecule has 0 aromatic carbocycles. The van der Waals surface area contributed by atoms with Crippen LogP contribution in [0, 0.1) is 11.3 Å². The zero-order chi connectivity index (χ0) is 16.4. The Morgan fingerprint density at radius 1 is 1.39 bits per heavy atom. The highest BCUT2D eigenvalue weighted by Crippen LogP contribution is 2.40. The third-order valence-corrected chi connectivity index (χ3v) is 5.35. The van der Waals surface area contributed by atoms with E-state index in [0.29, 0.717) is 16.6 Å². The number of aromatic nitrogens is 1. The Labute approximate surface area is 142 Å². The van der Waals surface area contributed by atoms with E-state index in [1.807, 2.05) is 6.08 Å². The Balaban J connectivity index is 2.03. The zero-order valence-corrected chi connectivity index (χ0v) is 14.4. The summed E-state index contributed by atoms with van der Waals surface area (Å²) < 4.78 is 5.27. The average Bonchev–Trinajstić information content (AvgIpc) is 3.09. The number of allylic oxidation sites excluding steroid dienone is 3. The van der Waals surface area contributed by atoms with Crippen LogP contribution in [-0.4, -0.2) is 12.1 Å². The predicted molar refractivity (Wildman–Crippen MR) is 91.4 cm³/mol. The van der Waals surface area contributed by atoms with Crippen molar-refractivity contribution in [3.05, 3.63) is 52.0 Å². The molecule has 3 nitrogen and oxygen atoms in total. The van der Waals surface area contributed by atoms with E-state index in [0.717, 1.165) is 36.3 Å². The first kappa shape index (κ1) is 16.1. The quantitative estimate of drug-likeness (QED) is 0.732. The van der Waals surface area contributed by atoms with E-state index < -0.39 is 0 Å². The monoisotopic (exact) mass is 328 g/mol. The van der Waals surface area contributed by atoms with E-state index in [4.69, 9.17) is 16.3 Å². The molecule has 0 N–H and O–H groups in total. The zero-order valence-electron chi connectivity index (χ0n) is 13.6. The minimum atomic E-state index is -0.215. The molecule has 4 heteroatoms. The van der Waals surface area contributed by atoms with Crippen LogP contribution in [0.4, 0.5) is 0 Å². The van der Waals surface area contributed by atoms with Gasteiger partial charge in [0.1, 0.15) is 17.0 Å². The van der Waals surface area contributed by atoms with Crippen LogP contribution in [0.5, 0.6) is 0 Å². The number of hydrogen-bond acceptors (Lipinski definition) is 3. The Kier molecular flexibility index (Phi) is 4.46. The highest BCUT2D eigenvalue weighted by Gasteiger charge is 2.30. The Hall–Kier alpha value is -1.79. The topological polar surface area (TPSA) is 45.9 Å². The van der Waals surface area contributed by atoms with E-state index in [-0.39, 0.29) is 5.41 Å². The minimum absolute atomic E-state index is 0.215. The third kappa shape index (κ3) is 3.01. The number of ether oxygens (including phenoxy) is 1. The molecular weight excluding hydrogens is 308 g/mol. The maximum Gasteiger partial charge on any atom is 0.147 e. The Bertz CT molecular complexity index is 711.